The first-order chi connectivity index (χ1) is 14.4. The van der Waals surface area contributed by atoms with Crippen LogP contribution in [0.2, 0.25) is 0 Å². The maximum atomic E-state index is 13.4. The summed E-state index contributed by atoms with van der Waals surface area (Å²) >= 11 is 0. The Balaban J connectivity index is 1.89. The molecule has 0 unspecified atom stereocenters. The van der Waals surface area contributed by atoms with E-state index >= 15 is 0 Å². The van der Waals surface area contributed by atoms with Crippen molar-refractivity contribution in [3.05, 3.63) is 59.8 Å². The topological polar surface area (TPSA) is 86.9 Å². The van der Waals surface area contributed by atoms with Crippen LogP contribution in [0, 0.1) is 24.2 Å². The number of aryl methyl sites for hydroxylation is 1. The fourth-order valence-electron chi connectivity index (χ4n) is 3.84. The van der Waals surface area contributed by atoms with Gasteiger partial charge in [0.25, 0.3) is 0 Å². The van der Waals surface area contributed by atoms with Gasteiger partial charge >= 0.3 is 0 Å². The fourth-order valence-corrected chi connectivity index (χ4v) is 5.32. The molecule has 0 spiro atoms. The highest BCUT2D eigenvalue weighted by atomic mass is 32.2. The molecule has 0 saturated carbocycles. The second kappa shape index (κ2) is 8.04. The molecule has 2 aromatic carbocycles. The maximum Gasteiger partial charge on any atom is 0.200 e. The second-order valence-corrected chi connectivity index (χ2v) is 9.99. The summed E-state index contributed by atoms with van der Waals surface area (Å²) < 4.78 is 26.9. The average molecular weight is 421 g/mol. The molecular weight excluding hydrogens is 396 g/mol. The van der Waals surface area contributed by atoms with Crippen molar-refractivity contribution in [2.75, 3.05) is 18.0 Å². The monoisotopic (exact) mass is 420 g/mol. The number of hydrogen-bond acceptors (Lipinski definition) is 6. The highest BCUT2D eigenvalue weighted by molar-refractivity contribution is 7.92. The molecule has 1 aliphatic heterocycles. The zero-order valence-electron chi connectivity index (χ0n) is 17.1. The number of nitrogens with zero attached hydrogens (tertiary/aromatic N) is 4. The Morgan fingerprint density at radius 3 is 2.37 bits per heavy atom. The van der Waals surface area contributed by atoms with Crippen LogP contribution in [0.5, 0.6) is 0 Å². The summed E-state index contributed by atoms with van der Waals surface area (Å²) in [6.07, 6.45) is 1.99. The van der Waals surface area contributed by atoms with Gasteiger partial charge in [0.05, 0.1) is 22.0 Å². The number of sulfone groups is 1. The first-order valence-electron chi connectivity index (χ1n) is 10.1. The van der Waals surface area contributed by atoms with Crippen LogP contribution in [0.4, 0.5) is 5.82 Å². The summed E-state index contributed by atoms with van der Waals surface area (Å²) in [6, 6.07) is 16.0. The Hall–Kier alpha value is -2.98. The molecule has 0 bridgehead atoms. The van der Waals surface area contributed by atoms with E-state index in [2.05, 4.69) is 16.8 Å². The van der Waals surface area contributed by atoms with Crippen molar-refractivity contribution in [2.24, 2.45) is 5.92 Å². The van der Waals surface area contributed by atoms with Crippen LogP contribution < -0.4 is 4.90 Å². The number of para-hydroxylation sites is 2. The van der Waals surface area contributed by atoms with Crippen LogP contribution in [0.3, 0.4) is 0 Å². The van der Waals surface area contributed by atoms with Gasteiger partial charge in [-0.15, -0.1) is 0 Å². The number of anilines is 1. The highest BCUT2D eigenvalue weighted by Crippen LogP contribution is 2.35. The normalized spacial score (nSPS) is 16.4. The Morgan fingerprint density at radius 1 is 1.07 bits per heavy atom. The molecule has 7 heteroatoms. The predicted molar refractivity (Wildman–Crippen MR) is 117 cm³/mol. The van der Waals surface area contributed by atoms with Crippen LogP contribution in [-0.4, -0.2) is 31.5 Å². The van der Waals surface area contributed by atoms with Crippen molar-refractivity contribution >= 4 is 26.7 Å². The van der Waals surface area contributed by atoms with E-state index < -0.39 is 15.1 Å². The molecule has 0 radical (unpaired) electrons. The third-order valence-electron chi connectivity index (χ3n) is 5.66. The zero-order valence-corrected chi connectivity index (χ0v) is 17.9. The largest absolute Gasteiger partial charge is 0.355 e. The van der Waals surface area contributed by atoms with E-state index in [9.17, 15) is 13.7 Å². The zero-order chi connectivity index (χ0) is 21.3. The minimum Gasteiger partial charge on any atom is -0.355 e. The van der Waals surface area contributed by atoms with Crippen molar-refractivity contribution in [1.82, 2.24) is 9.97 Å². The number of aromatic nitrogens is 2. The lowest BCUT2D eigenvalue weighted by atomic mass is 9.99. The van der Waals surface area contributed by atoms with Crippen LogP contribution >= 0.6 is 0 Å². The number of piperidine rings is 1. The van der Waals surface area contributed by atoms with Crippen LogP contribution in [0.1, 0.15) is 36.3 Å². The van der Waals surface area contributed by atoms with Gasteiger partial charge in [-0.05, 0) is 55.5 Å². The summed E-state index contributed by atoms with van der Waals surface area (Å²) in [6.45, 7) is 5.58. The van der Waals surface area contributed by atoms with E-state index in [1.54, 1.807) is 18.2 Å². The number of fused-ring (bicyclic) bond motifs is 1. The molecular formula is C23H24N4O2S. The summed E-state index contributed by atoms with van der Waals surface area (Å²) in [5, 5.41) is 8.54. The molecule has 1 saturated heterocycles. The van der Waals surface area contributed by atoms with Gasteiger partial charge in [-0.25, -0.2) is 18.4 Å². The molecule has 154 valence electrons. The number of nitriles is 1. The van der Waals surface area contributed by atoms with E-state index in [4.69, 9.17) is 4.98 Å². The molecule has 0 aliphatic carbocycles. The quantitative estimate of drug-likeness (QED) is 0.628. The van der Waals surface area contributed by atoms with Crippen molar-refractivity contribution < 1.29 is 8.42 Å². The molecule has 3 aromatic rings. The van der Waals surface area contributed by atoms with Gasteiger partial charge in [-0.2, -0.15) is 5.26 Å². The van der Waals surface area contributed by atoms with Gasteiger partial charge in [0.15, 0.2) is 11.1 Å². The molecule has 2 heterocycles. The first kappa shape index (κ1) is 20.3. The van der Waals surface area contributed by atoms with Crippen molar-refractivity contribution in [3.63, 3.8) is 0 Å². The van der Waals surface area contributed by atoms with Crippen molar-refractivity contribution in [1.29, 1.82) is 5.26 Å². The SMILES string of the molecule is Cc1cccc(S(=O)(=O)[C@H](C#N)c2nc3ccccc3nc2N2CCC(C)CC2)c1. The molecule has 1 aliphatic rings. The Bertz CT molecular complexity index is 1230. The van der Waals surface area contributed by atoms with Crippen LogP contribution in [0.15, 0.2) is 53.4 Å². The van der Waals surface area contributed by atoms with Gasteiger partial charge in [0.2, 0.25) is 9.84 Å². The van der Waals surface area contributed by atoms with Gasteiger partial charge in [-0.3, -0.25) is 0 Å². The summed E-state index contributed by atoms with van der Waals surface area (Å²) in [7, 11) is -3.96. The van der Waals surface area contributed by atoms with E-state index in [1.165, 1.54) is 6.07 Å². The van der Waals surface area contributed by atoms with Gasteiger partial charge in [0, 0.05) is 13.1 Å². The molecule has 6 nitrogen and oxygen atoms in total. The third-order valence-corrected chi connectivity index (χ3v) is 7.52. The molecule has 30 heavy (non-hydrogen) atoms. The summed E-state index contributed by atoms with van der Waals surface area (Å²) in [5.41, 5.74) is 2.32. The minimum absolute atomic E-state index is 0.127. The number of hydrogen-bond donors (Lipinski definition) is 0. The standard InChI is InChI=1S/C23H24N4O2S/c1-16-10-12-27(13-11-16)23-22(25-19-8-3-4-9-20(19)26-23)21(15-24)30(28,29)18-7-5-6-17(2)14-18/h3-9,14,16,21H,10-13H2,1-2H3/t21-/m1/s1. The van der Waals surface area contributed by atoms with Gasteiger partial charge in [0.1, 0.15) is 5.69 Å². The lowest BCUT2D eigenvalue weighted by Crippen LogP contribution is -2.35. The molecule has 0 amide bonds. The number of benzene rings is 2. The Morgan fingerprint density at radius 2 is 1.73 bits per heavy atom. The Kier molecular flexibility index (Phi) is 5.44. The van der Waals surface area contributed by atoms with Crippen molar-refractivity contribution in [3.8, 4) is 6.07 Å². The fraction of sp³-hybridized carbons (Fsp3) is 0.348. The van der Waals surface area contributed by atoms with Crippen LogP contribution in [0.25, 0.3) is 11.0 Å². The molecule has 1 atom stereocenters. The van der Waals surface area contributed by atoms with Gasteiger partial charge in [-0.1, -0.05) is 31.2 Å². The van der Waals surface area contributed by atoms with E-state index in [0.717, 1.165) is 31.5 Å². The van der Waals surface area contributed by atoms with Crippen LogP contribution in [-0.2, 0) is 9.84 Å². The van der Waals surface area contributed by atoms with E-state index in [0.29, 0.717) is 22.8 Å². The highest BCUT2D eigenvalue weighted by Gasteiger charge is 2.35. The van der Waals surface area contributed by atoms with E-state index in [1.807, 2.05) is 37.3 Å². The predicted octanol–water partition coefficient (Wildman–Crippen LogP) is 4.21. The average Bonchev–Trinajstić information content (AvgIpc) is 2.74. The summed E-state index contributed by atoms with van der Waals surface area (Å²) in [5.74, 6) is 1.12. The molecule has 0 N–H and O–H groups in total. The second-order valence-electron chi connectivity index (χ2n) is 7.96. The minimum atomic E-state index is -3.96. The smallest absolute Gasteiger partial charge is 0.200 e. The third kappa shape index (κ3) is 3.75. The molecule has 4 rings (SSSR count). The molecule has 1 aromatic heterocycles. The maximum absolute atomic E-state index is 13.4. The van der Waals surface area contributed by atoms with Gasteiger partial charge < -0.3 is 4.90 Å². The lowest BCUT2D eigenvalue weighted by molar-refractivity contribution is 0.436. The first-order valence-corrected chi connectivity index (χ1v) is 11.7. The Labute approximate surface area is 177 Å². The van der Waals surface area contributed by atoms with Crippen molar-refractivity contribution in [2.45, 2.75) is 36.8 Å². The molecule has 1 fully saturated rings. The van der Waals surface area contributed by atoms with E-state index in [-0.39, 0.29) is 10.6 Å². The lowest BCUT2D eigenvalue weighted by Gasteiger charge is -2.32. The number of rotatable bonds is 4. The summed E-state index contributed by atoms with van der Waals surface area (Å²) in [4.78, 5) is 11.6.